The second kappa shape index (κ2) is 3.52. The van der Waals surface area contributed by atoms with Crippen LogP contribution in [0, 0.1) is 0 Å². The molecule has 0 atom stereocenters. The van der Waals surface area contributed by atoms with Gasteiger partial charge in [0, 0.05) is 6.20 Å². The largest absolute Gasteiger partial charge is 0.421 e. The molecule has 1 heterocycles. The fraction of sp³-hybridized carbons (Fsp3) is 0.286. The minimum atomic E-state index is -4.90. The summed E-state index contributed by atoms with van der Waals surface area (Å²) in [7, 11) is 0. The molecule has 0 saturated heterocycles. The Labute approximate surface area is 80.9 Å². The van der Waals surface area contributed by atoms with E-state index in [0.29, 0.717) is 6.20 Å². The third kappa shape index (κ3) is 2.08. The molecule has 0 spiro atoms. The highest BCUT2D eigenvalue weighted by Gasteiger charge is 2.38. The van der Waals surface area contributed by atoms with Crippen molar-refractivity contribution in [2.45, 2.75) is 12.6 Å². The van der Waals surface area contributed by atoms with Crippen molar-refractivity contribution in [3.05, 3.63) is 17.3 Å². The van der Waals surface area contributed by atoms with E-state index in [1.807, 2.05) is 0 Å². The van der Waals surface area contributed by atoms with Crippen molar-refractivity contribution in [3.63, 3.8) is 0 Å². The topological polar surface area (TPSA) is 64.9 Å². The number of nitrogens with zero attached hydrogens (tertiary/aromatic N) is 1. The molecule has 15 heavy (non-hydrogen) atoms. The number of anilines is 2. The maximum atomic E-state index is 12.3. The van der Waals surface area contributed by atoms with Gasteiger partial charge in [-0.1, -0.05) is 0 Å². The first kappa shape index (κ1) is 11.5. The van der Waals surface area contributed by atoms with Crippen LogP contribution in [0.2, 0.25) is 0 Å². The van der Waals surface area contributed by atoms with Gasteiger partial charge in [0.15, 0.2) is 0 Å². The first-order chi connectivity index (χ1) is 6.75. The van der Waals surface area contributed by atoms with Gasteiger partial charge in [0.25, 0.3) is 6.43 Å². The van der Waals surface area contributed by atoms with E-state index in [2.05, 4.69) is 4.98 Å². The highest BCUT2D eigenvalue weighted by Crippen LogP contribution is 2.40. The minimum Gasteiger partial charge on any atom is -0.398 e. The molecule has 1 aromatic heterocycles. The first-order valence-corrected chi connectivity index (χ1v) is 3.64. The van der Waals surface area contributed by atoms with Gasteiger partial charge in [-0.15, -0.1) is 0 Å². The molecule has 1 rings (SSSR count). The van der Waals surface area contributed by atoms with Crippen LogP contribution in [0.5, 0.6) is 0 Å². The van der Waals surface area contributed by atoms with Crippen molar-refractivity contribution < 1.29 is 22.0 Å². The number of nitrogen functional groups attached to an aromatic ring is 2. The van der Waals surface area contributed by atoms with Gasteiger partial charge >= 0.3 is 6.18 Å². The number of alkyl halides is 5. The number of nitrogens with two attached hydrogens (primary N) is 2. The predicted octanol–water partition coefficient (Wildman–Crippen LogP) is 2.20. The molecule has 3 nitrogen and oxygen atoms in total. The number of pyridine rings is 1. The van der Waals surface area contributed by atoms with Crippen LogP contribution in [-0.4, -0.2) is 4.98 Å². The molecule has 0 fully saturated rings. The van der Waals surface area contributed by atoms with E-state index in [-0.39, 0.29) is 0 Å². The van der Waals surface area contributed by atoms with Crippen molar-refractivity contribution >= 4 is 11.5 Å². The van der Waals surface area contributed by atoms with Gasteiger partial charge in [-0.25, -0.2) is 13.8 Å². The Kier molecular flexibility index (Phi) is 2.69. The zero-order valence-electron chi connectivity index (χ0n) is 7.15. The lowest BCUT2D eigenvalue weighted by Gasteiger charge is -2.14. The molecule has 1 aromatic rings. The first-order valence-electron chi connectivity index (χ1n) is 3.64. The van der Waals surface area contributed by atoms with Crippen LogP contribution in [0.4, 0.5) is 33.5 Å². The van der Waals surface area contributed by atoms with Gasteiger partial charge in [-0.2, -0.15) is 13.2 Å². The highest BCUT2D eigenvalue weighted by atomic mass is 19.4. The summed E-state index contributed by atoms with van der Waals surface area (Å²) in [4.78, 5) is 3.03. The van der Waals surface area contributed by atoms with Gasteiger partial charge < -0.3 is 11.5 Å². The molecule has 8 heteroatoms. The highest BCUT2D eigenvalue weighted by molar-refractivity contribution is 5.63. The smallest absolute Gasteiger partial charge is 0.398 e. The molecule has 0 aliphatic carbocycles. The van der Waals surface area contributed by atoms with Gasteiger partial charge in [-0.3, -0.25) is 0 Å². The zero-order valence-corrected chi connectivity index (χ0v) is 7.15. The summed E-state index contributed by atoms with van der Waals surface area (Å²) in [6.45, 7) is 0. The summed E-state index contributed by atoms with van der Waals surface area (Å²) < 4.78 is 61.3. The Morgan fingerprint density at radius 2 is 1.73 bits per heavy atom. The van der Waals surface area contributed by atoms with Crippen molar-refractivity contribution in [3.8, 4) is 0 Å². The van der Waals surface area contributed by atoms with E-state index in [4.69, 9.17) is 11.5 Å². The van der Waals surface area contributed by atoms with Gasteiger partial charge in [0.05, 0.1) is 11.3 Å². The van der Waals surface area contributed by atoms with E-state index in [0.717, 1.165) is 0 Å². The molecule has 0 saturated carbocycles. The third-order valence-electron chi connectivity index (χ3n) is 1.70. The average molecular weight is 227 g/mol. The molecule has 0 radical (unpaired) electrons. The van der Waals surface area contributed by atoms with Crippen molar-refractivity contribution in [2.24, 2.45) is 0 Å². The lowest BCUT2D eigenvalue weighted by Crippen LogP contribution is -2.15. The average Bonchev–Trinajstić information content (AvgIpc) is 2.00. The number of halogens is 5. The number of rotatable bonds is 1. The standard InChI is InChI=1S/C7H6F5N3/c8-5(9)2-1-15-6(14)3(4(2)13)7(10,11)12/h1,5H,(H4,13,14,15). The second-order valence-electron chi connectivity index (χ2n) is 2.69. The Morgan fingerprint density at radius 3 is 2.13 bits per heavy atom. The molecule has 0 unspecified atom stereocenters. The fourth-order valence-corrected chi connectivity index (χ4v) is 1.03. The van der Waals surface area contributed by atoms with Crippen LogP contribution in [0.3, 0.4) is 0 Å². The lowest BCUT2D eigenvalue weighted by atomic mass is 10.1. The number of aromatic nitrogens is 1. The number of hydrogen-bond acceptors (Lipinski definition) is 3. The molecule has 84 valence electrons. The van der Waals surface area contributed by atoms with Crippen molar-refractivity contribution in [1.82, 2.24) is 4.98 Å². The van der Waals surface area contributed by atoms with Crippen LogP contribution in [0.1, 0.15) is 17.6 Å². The van der Waals surface area contributed by atoms with Crippen LogP contribution in [-0.2, 0) is 6.18 Å². The molecule has 0 aliphatic rings. The monoisotopic (exact) mass is 227 g/mol. The fourth-order valence-electron chi connectivity index (χ4n) is 1.03. The SMILES string of the molecule is Nc1ncc(C(F)F)c(N)c1C(F)(F)F. The van der Waals surface area contributed by atoms with Gasteiger partial charge in [0.1, 0.15) is 11.4 Å². The van der Waals surface area contributed by atoms with E-state index < -0.39 is 35.2 Å². The predicted molar refractivity (Wildman–Crippen MR) is 43.0 cm³/mol. The quantitative estimate of drug-likeness (QED) is 0.723. The van der Waals surface area contributed by atoms with Crippen molar-refractivity contribution in [1.29, 1.82) is 0 Å². The molecular formula is C7H6F5N3. The summed E-state index contributed by atoms with van der Waals surface area (Å²) in [6.07, 6.45) is -7.49. The van der Waals surface area contributed by atoms with E-state index in [1.54, 1.807) is 0 Å². The van der Waals surface area contributed by atoms with Crippen LogP contribution in [0.25, 0.3) is 0 Å². The molecule has 0 amide bonds. The lowest BCUT2D eigenvalue weighted by molar-refractivity contribution is -0.136. The van der Waals surface area contributed by atoms with Gasteiger partial charge in [0.2, 0.25) is 0 Å². The van der Waals surface area contributed by atoms with E-state index in [1.165, 1.54) is 0 Å². The maximum absolute atomic E-state index is 12.3. The second-order valence-corrected chi connectivity index (χ2v) is 2.69. The maximum Gasteiger partial charge on any atom is 0.421 e. The molecule has 0 aliphatic heterocycles. The summed E-state index contributed by atoms with van der Waals surface area (Å²) in [5.41, 5.74) is 6.30. The van der Waals surface area contributed by atoms with E-state index in [9.17, 15) is 22.0 Å². The van der Waals surface area contributed by atoms with E-state index >= 15 is 0 Å². The Hall–Kier alpha value is -1.60. The van der Waals surface area contributed by atoms with Crippen LogP contribution in [0.15, 0.2) is 6.20 Å². The summed E-state index contributed by atoms with van der Waals surface area (Å²) in [5, 5.41) is 0. The summed E-state index contributed by atoms with van der Waals surface area (Å²) >= 11 is 0. The molecule has 0 bridgehead atoms. The normalized spacial score (nSPS) is 12.1. The molecular weight excluding hydrogens is 221 g/mol. The van der Waals surface area contributed by atoms with Crippen molar-refractivity contribution in [2.75, 3.05) is 11.5 Å². The molecule has 4 N–H and O–H groups in total. The Bertz CT molecular complexity index is 374. The summed E-state index contributed by atoms with van der Waals surface area (Å²) in [6, 6.07) is 0. The summed E-state index contributed by atoms with van der Waals surface area (Å²) in [5.74, 6) is -0.913. The van der Waals surface area contributed by atoms with Crippen LogP contribution < -0.4 is 11.5 Å². The zero-order chi connectivity index (χ0) is 11.8. The molecule has 0 aromatic carbocycles. The number of hydrogen-bond donors (Lipinski definition) is 2. The Balaban J connectivity index is 3.44. The third-order valence-corrected chi connectivity index (χ3v) is 1.70. The van der Waals surface area contributed by atoms with Crippen LogP contribution >= 0.6 is 0 Å². The van der Waals surface area contributed by atoms with Gasteiger partial charge in [-0.05, 0) is 0 Å². The Morgan fingerprint density at radius 1 is 1.20 bits per heavy atom. The minimum absolute atomic E-state index is 0.532.